The molecule has 280 valence electrons. The highest BCUT2D eigenvalue weighted by atomic mass is 32.2. The van der Waals surface area contributed by atoms with Crippen molar-refractivity contribution >= 4 is 26.9 Å². The smallest absolute Gasteiger partial charge is 0.351 e. The minimum absolute atomic E-state index is 0.0344. The molecule has 3 aromatic heterocycles. The fraction of sp³-hybridized carbons (Fsp3) is 0.314. The average Bonchev–Trinajstić information content (AvgIpc) is 3.10. The minimum Gasteiger partial charge on any atom is -0.507 e. The molecule has 1 aliphatic rings. The standard InChI is InChI=1S/C35H32F6N6O5S/c1-16(2)29-20(17(3)9-10-42-29)15-47-33-19(13-22(37)30(43-33)24-21(36)7-6-8-23(24)48)34(44-35(47)49)46-12-11-45(14-18(46)4)53(50,51)32-28(41)26(39)25(38)27(40)31(32)52-5/h6-10,13,16,18,48H,11-12,14-15H2,1-5H3/t18-/m0/s1. The van der Waals surface area contributed by atoms with Crippen LogP contribution in [0.25, 0.3) is 22.3 Å². The number of pyridine rings is 2. The summed E-state index contributed by atoms with van der Waals surface area (Å²) in [7, 11) is -4.29. The predicted octanol–water partition coefficient (Wildman–Crippen LogP) is 5.78. The van der Waals surface area contributed by atoms with E-state index in [1.54, 1.807) is 12.3 Å². The molecule has 0 spiro atoms. The van der Waals surface area contributed by atoms with Crippen LogP contribution in [0, 0.1) is 41.8 Å². The maximum absolute atomic E-state index is 16.0. The molecule has 0 bridgehead atoms. The number of methoxy groups -OCH3 is 1. The van der Waals surface area contributed by atoms with Gasteiger partial charge in [-0.15, -0.1) is 0 Å². The largest absolute Gasteiger partial charge is 0.507 e. The fourth-order valence-corrected chi connectivity index (χ4v) is 8.21. The maximum atomic E-state index is 16.0. The van der Waals surface area contributed by atoms with Crippen LogP contribution in [0.1, 0.15) is 43.5 Å². The molecule has 2 aromatic carbocycles. The van der Waals surface area contributed by atoms with Gasteiger partial charge in [0.2, 0.25) is 21.7 Å². The first-order valence-corrected chi connectivity index (χ1v) is 17.6. The van der Waals surface area contributed by atoms with Crippen molar-refractivity contribution in [1.82, 2.24) is 23.8 Å². The van der Waals surface area contributed by atoms with Crippen molar-refractivity contribution < 1.29 is 44.6 Å². The second kappa shape index (κ2) is 14.0. The predicted molar refractivity (Wildman–Crippen MR) is 181 cm³/mol. The normalized spacial score (nSPS) is 15.5. The summed E-state index contributed by atoms with van der Waals surface area (Å²) in [4.78, 5) is 27.0. The van der Waals surface area contributed by atoms with Crippen molar-refractivity contribution in [2.24, 2.45) is 0 Å². The lowest BCUT2D eigenvalue weighted by molar-refractivity contribution is 0.314. The van der Waals surface area contributed by atoms with E-state index in [1.165, 1.54) is 17.9 Å². The van der Waals surface area contributed by atoms with Crippen LogP contribution in [-0.2, 0) is 16.6 Å². The fourth-order valence-electron chi connectivity index (χ4n) is 6.50. The second-order valence-electron chi connectivity index (χ2n) is 12.8. The average molecular weight is 763 g/mol. The van der Waals surface area contributed by atoms with Crippen molar-refractivity contribution in [3.05, 3.63) is 98.7 Å². The van der Waals surface area contributed by atoms with Crippen LogP contribution in [-0.4, -0.2) is 70.1 Å². The van der Waals surface area contributed by atoms with Crippen LogP contribution in [0.2, 0.25) is 0 Å². The summed E-state index contributed by atoms with van der Waals surface area (Å²) < 4.78 is 122. The van der Waals surface area contributed by atoms with Crippen molar-refractivity contribution in [2.75, 3.05) is 31.6 Å². The number of hydrogen-bond acceptors (Lipinski definition) is 9. The molecule has 0 amide bonds. The van der Waals surface area contributed by atoms with Crippen molar-refractivity contribution in [3.63, 3.8) is 0 Å². The third-order valence-electron chi connectivity index (χ3n) is 9.15. The number of aromatic nitrogens is 4. The van der Waals surface area contributed by atoms with Gasteiger partial charge in [-0.1, -0.05) is 19.9 Å². The summed E-state index contributed by atoms with van der Waals surface area (Å²) >= 11 is 0. The summed E-state index contributed by atoms with van der Waals surface area (Å²) in [5.41, 5.74) is -0.0457. The Morgan fingerprint density at radius 1 is 0.981 bits per heavy atom. The van der Waals surface area contributed by atoms with Gasteiger partial charge in [0.25, 0.3) is 0 Å². The number of anilines is 1. The molecule has 1 fully saturated rings. The van der Waals surface area contributed by atoms with Crippen molar-refractivity contribution in [2.45, 2.75) is 51.1 Å². The molecule has 1 atom stereocenters. The Balaban J connectivity index is 1.49. The van der Waals surface area contributed by atoms with Gasteiger partial charge in [0, 0.05) is 37.6 Å². The zero-order valence-electron chi connectivity index (χ0n) is 28.9. The SMILES string of the molecule is COc1c(F)c(F)c(F)c(F)c1S(=O)(=O)N1CCN(c2nc(=O)n(Cc3c(C)ccnc3C(C)C)c3nc(-c4c(O)cccc4F)c(F)cc23)[C@@H](C)C1. The Bertz CT molecular complexity index is 2440. The Hall–Kier alpha value is -5.23. The molecule has 1 aliphatic heterocycles. The number of phenols is 1. The number of nitrogens with zero attached hydrogens (tertiary/aromatic N) is 6. The van der Waals surface area contributed by atoms with E-state index in [0.29, 0.717) is 15.6 Å². The number of ether oxygens (including phenoxy) is 1. The quantitative estimate of drug-likeness (QED) is 0.119. The molecule has 11 nitrogen and oxygen atoms in total. The summed E-state index contributed by atoms with van der Waals surface area (Å²) in [6, 6.07) is 5.19. The zero-order valence-corrected chi connectivity index (χ0v) is 29.7. The highest BCUT2D eigenvalue weighted by Crippen LogP contribution is 2.38. The lowest BCUT2D eigenvalue weighted by Gasteiger charge is -2.40. The third-order valence-corrected chi connectivity index (χ3v) is 11.0. The van der Waals surface area contributed by atoms with Crippen LogP contribution >= 0.6 is 0 Å². The number of benzene rings is 2. The van der Waals surface area contributed by atoms with Crippen LogP contribution < -0.4 is 15.3 Å². The van der Waals surface area contributed by atoms with E-state index in [1.807, 2.05) is 20.8 Å². The lowest BCUT2D eigenvalue weighted by Crippen LogP contribution is -2.54. The van der Waals surface area contributed by atoms with Gasteiger partial charge < -0.3 is 14.7 Å². The topological polar surface area (TPSA) is 131 Å². The number of fused-ring (bicyclic) bond motifs is 1. The van der Waals surface area contributed by atoms with Crippen LogP contribution in [0.4, 0.5) is 32.2 Å². The number of hydrogen-bond donors (Lipinski definition) is 1. The van der Waals surface area contributed by atoms with E-state index in [4.69, 9.17) is 0 Å². The van der Waals surface area contributed by atoms with Gasteiger partial charge in [-0.2, -0.15) is 13.7 Å². The molecule has 53 heavy (non-hydrogen) atoms. The van der Waals surface area contributed by atoms with E-state index in [0.717, 1.165) is 35.4 Å². The molecule has 4 heterocycles. The van der Waals surface area contributed by atoms with E-state index in [2.05, 4.69) is 19.7 Å². The summed E-state index contributed by atoms with van der Waals surface area (Å²) in [6.45, 7) is 5.82. The Kier molecular flexibility index (Phi) is 9.89. The molecule has 18 heteroatoms. The number of aromatic hydroxyl groups is 1. The zero-order chi connectivity index (χ0) is 38.7. The molecule has 1 N–H and O–H groups in total. The minimum atomic E-state index is -5.06. The maximum Gasteiger partial charge on any atom is 0.351 e. The van der Waals surface area contributed by atoms with Gasteiger partial charge in [0.1, 0.15) is 28.7 Å². The highest BCUT2D eigenvalue weighted by molar-refractivity contribution is 7.89. The summed E-state index contributed by atoms with van der Waals surface area (Å²) in [5, 5.41) is 10.5. The van der Waals surface area contributed by atoms with Gasteiger partial charge in [-0.3, -0.25) is 9.55 Å². The van der Waals surface area contributed by atoms with E-state index in [-0.39, 0.29) is 35.9 Å². The molecule has 6 rings (SSSR count). The Morgan fingerprint density at radius 3 is 2.32 bits per heavy atom. The van der Waals surface area contributed by atoms with Crippen LogP contribution in [0.3, 0.4) is 0 Å². The molecule has 5 aromatic rings. The molecule has 0 aliphatic carbocycles. The number of piperazine rings is 1. The number of aryl methyl sites for hydroxylation is 1. The Labute approximate surface area is 299 Å². The van der Waals surface area contributed by atoms with Crippen molar-refractivity contribution in [3.8, 4) is 22.8 Å². The van der Waals surface area contributed by atoms with Crippen LogP contribution in [0.15, 0.2) is 46.2 Å². The van der Waals surface area contributed by atoms with E-state index in [9.17, 15) is 35.9 Å². The lowest BCUT2D eigenvalue weighted by atomic mass is 9.99. The third kappa shape index (κ3) is 6.32. The number of sulfonamides is 1. The molecule has 0 saturated carbocycles. The number of halogens is 6. The van der Waals surface area contributed by atoms with Crippen molar-refractivity contribution in [1.29, 1.82) is 0 Å². The first-order valence-electron chi connectivity index (χ1n) is 16.2. The first kappa shape index (κ1) is 37.5. The molecule has 0 radical (unpaired) electrons. The van der Waals surface area contributed by atoms with Gasteiger partial charge in [-0.25, -0.2) is 40.1 Å². The second-order valence-corrected chi connectivity index (χ2v) is 14.7. The summed E-state index contributed by atoms with van der Waals surface area (Å²) in [6.07, 6.45) is 1.62. The Morgan fingerprint density at radius 2 is 1.68 bits per heavy atom. The molecular weight excluding hydrogens is 730 g/mol. The molecule has 0 unspecified atom stereocenters. The van der Waals surface area contributed by atoms with Gasteiger partial charge in [-0.05, 0) is 55.2 Å². The van der Waals surface area contributed by atoms with E-state index >= 15 is 8.78 Å². The number of phenolic OH excluding ortho intramolecular Hbond substituents is 1. The van der Waals surface area contributed by atoms with Crippen LogP contribution in [0.5, 0.6) is 11.5 Å². The molecule has 1 saturated heterocycles. The highest BCUT2D eigenvalue weighted by Gasteiger charge is 2.41. The van der Waals surface area contributed by atoms with Gasteiger partial charge in [0.15, 0.2) is 28.1 Å². The monoisotopic (exact) mass is 762 g/mol. The number of rotatable bonds is 8. The van der Waals surface area contributed by atoms with E-state index < -0.39 is 97.4 Å². The van der Waals surface area contributed by atoms with Gasteiger partial charge >= 0.3 is 5.69 Å². The van der Waals surface area contributed by atoms with Gasteiger partial charge in [0.05, 0.1) is 24.6 Å². The molecular formula is C35H32F6N6O5S. The summed E-state index contributed by atoms with van der Waals surface area (Å²) in [5.74, 6) is -13.0. The first-order chi connectivity index (χ1) is 25.0.